The van der Waals surface area contributed by atoms with Crippen molar-refractivity contribution in [2.75, 3.05) is 11.9 Å². The highest BCUT2D eigenvalue weighted by Crippen LogP contribution is 2.39. The molecule has 0 radical (unpaired) electrons. The molecule has 0 atom stereocenters. The topological polar surface area (TPSA) is 106 Å². The van der Waals surface area contributed by atoms with Crippen molar-refractivity contribution in [3.05, 3.63) is 81.5 Å². The lowest BCUT2D eigenvalue weighted by atomic mass is 10.1. The predicted molar refractivity (Wildman–Crippen MR) is 138 cm³/mol. The van der Waals surface area contributed by atoms with E-state index in [1.165, 1.54) is 23.5 Å². The molecular formula is C27H26FN3O5S. The summed E-state index contributed by atoms with van der Waals surface area (Å²) in [6.45, 7) is 3.91. The van der Waals surface area contributed by atoms with Gasteiger partial charge in [-0.1, -0.05) is 12.1 Å². The van der Waals surface area contributed by atoms with Gasteiger partial charge >= 0.3 is 17.8 Å². The minimum Gasteiger partial charge on any atom is -0.489 e. The maximum absolute atomic E-state index is 13.0. The molecule has 1 heterocycles. The number of thiophene rings is 1. The van der Waals surface area contributed by atoms with E-state index in [9.17, 15) is 18.8 Å². The number of benzene rings is 2. The molecule has 1 aliphatic carbocycles. The van der Waals surface area contributed by atoms with Gasteiger partial charge in [0.15, 0.2) is 0 Å². The monoisotopic (exact) mass is 523 g/mol. The molecular weight excluding hydrogens is 497 g/mol. The van der Waals surface area contributed by atoms with Gasteiger partial charge in [-0.25, -0.2) is 14.6 Å². The lowest BCUT2D eigenvalue weighted by Gasteiger charge is -2.08. The fraction of sp³-hybridized carbons (Fsp3) is 0.259. The Kier molecular flexibility index (Phi) is 8.29. The molecule has 37 heavy (non-hydrogen) atoms. The van der Waals surface area contributed by atoms with E-state index in [0.717, 1.165) is 35.3 Å². The van der Waals surface area contributed by atoms with E-state index in [1.54, 1.807) is 50.2 Å². The second-order valence-electron chi connectivity index (χ2n) is 8.31. The number of carbonyl (C=O) groups is 3. The number of aryl methyl sites for hydroxylation is 1. The Morgan fingerprint density at radius 2 is 1.76 bits per heavy atom. The molecule has 192 valence electrons. The average Bonchev–Trinajstić information content (AvgIpc) is 3.48. The molecule has 3 aromatic rings. The zero-order chi connectivity index (χ0) is 26.4. The molecule has 0 saturated heterocycles. The lowest BCUT2D eigenvalue weighted by Crippen LogP contribution is -2.33. The second kappa shape index (κ2) is 11.8. The Labute approximate surface area is 217 Å². The first-order valence-corrected chi connectivity index (χ1v) is 12.6. The van der Waals surface area contributed by atoms with Crippen molar-refractivity contribution in [3.63, 3.8) is 0 Å². The number of nitrogens with one attached hydrogen (secondary N) is 2. The number of halogens is 1. The van der Waals surface area contributed by atoms with Gasteiger partial charge in [-0.3, -0.25) is 9.59 Å². The van der Waals surface area contributed by atoms with Crippen LogP contribution in [0.1, 0.15) is 52.2 Å². The first-order chi connectivity index (χ1) is 17.9. The van der Waals surface area contributed by atoms with Crippen molar-refractivity contribution in [2.24, 2.45) is 5.10 Å². The van der Waals surface area contributed by atoms with Crippen LogP contribution < -0.4 is 15.5 Å². The molecule has 1 aromatic heterocycles. The summed E-state index contributed by atoms with van der Waals surface area (Å²) < 4.78 is 23.9. The van der Waals surface area contributed by atoms with Gasteiger partial charge in [-0.2, -0.15) is 5.10 Å². The van der Waals surface area contributed by atoms with Crippen molar-refractivity contribution in [1.82, 2.24) is 5.43 Å². The van der Waals surface area contributed by atoms with E-state index in [0.29, 0.717) is 34.2 Å². The standard InChI is InChI=1S/C27H26FN3O5S/c1-3-35-27(34)23-21-5-4-6-22(21)37-26(23)29-24(32)25(33)31-30-16(2)18-9-13-20(14-10-18)36-15-17-7-11-19(28)12-8-17/h7-14H,3-6,15H2,1-2H3,(H,29,32)(H,31,33)/b30-16+. The molecule has 4 rings (SSSR count). The van der Waals surface area contributed by atoms with Gasteiger partial charge in [0.25, 0.3) is 0 Å². The molecule has 0 aliphatic heterocycles. The number of rotatable bonds is 8. The molecule has 8 nitrogen and oxygen atoms in total. The van der Waals surface area contributed by atoms with Crippen molar-refractivity contribution >= 4 is 39.8 Å². The number of esters is 1. The SMILES string of the molecule is CCOC(=O)c1c(NC(=O)C(=O)N/N=C(\C)c2ccc(OCc3ccc(F)cc3)cc2)sc2c1CCC2. The molecule has 10 heteroatoms. The highest BCUT2D eigenvalue weighted by atomic mass is 32.1. The maximum atomic E-state index is 13.0. The van der Waals surface area contributed by atoms with E-state index in [-0.39, 0.29) is 12.4 Å². The third kappa shape index (κ3) is 6.39. The predicted octanol–water partition coefficient (Wildman–Crippen LogP) is 4.61. The molecule has 2 amide bonds. The molecule has 0 unspecified atom stereocenters. The number of ether oxygens (including phenoxy) is 2. The van der Waals surface area contributed by atoms with E-state index in [2.05, 4.69) is 15.8 Å². The Hall–Kier alpha value is -4.05. The van der Waals surface area contributed by atoms with Crippen molar-refractivity contribution in [3.8, 4) is 5.75 Å². The molecule has 2 aromatic carbocycles. The smallest absolute Gasteiger partial charge is 0.341 e. The van der Waals surface area contributed by atoms with Crippen LogP contribution in [0.5, 0.6) is 5.75 Å². The van der Waals surface area contributed by atoms with Crippen LogP contribution in [0.25, 0.3) is 0 Å². The van der Waals surface area contributed by atoms with Crippen LogP contribution in [0.4, 0.5) is 9.39 Å². The van der Waals surface area contributed by atoms with Gasteiger partial charge in [-0.05, 0) is 86.2 Å². The molecule has 0 spiro atoms. The number of amides is 2. The summed E-state index contributed by atoms with van der Waals surface area (Å²) >= 11 is 1.30. The number of hydrazone groups is 1. The van der Waals surface area contributed by atoms with E-state index >= 15 is 0 Å². The van der Waals surface area contributed by atoms with Crippen molar-refractivity contribution in [1.29, 1.82) is 0 Å². The van der Waals surface area contributed by atoms with Gasteiger partial charge in [-0.15, -0.1) is 11.3 Å². The number of carbonyl (C=O) groups excluding carboxylic acids is 3. The highest BCUT2D eigenvalue weighted by Gasteiger charge is 2.29. The first-order valence-electron chi connectivity index (χ1n) is 11.8. The third-order valence-electron chi connectivity index (χ3n) is 5.75. The maximum Gasteiger partial charge on any atom is 0.341 e. The van der Waals surface area contributed by atoms with Crippen LogP contribution >= 0.6 is 11.3 Å². The molecule has 0 fully saturated rings. The summed E-state index contributed by atoms with van der Waals surface area (Å²) in [6.07, 6.45) is 2.51. The molecule has 0 saturated carbocycles. The largest absolute Gasteiger partial charge is 0.489 e. The summed E-state index contributed by atoms with van der Waals surface area (Å²) in [6, 6.07) is 13.1. The zero-order valence-corrected chi connectivity index (χ0v) is 21.2. The van der Waals surface area contributed by atoms with Crippen LogP contribution in [0.2, 0.25) is 0 Å². The summed E-state index contributed by atoms with van der Waals surface area (Å²) in [5.41, 5.74) is 5.51. The quantitative estimate of drug-likeness (QED) is 0.194. The Balaban J connectivity index is 1.34. The molecule has 0 bridgehead atoms. The number of fused-ring (bicyclic) bond motifs is 1. The third-order valence-corrected chi connectivity index (χ3v) is 6.96. The number of hydrogen-bond acceptors (Lipinski definition) is 7. The van der Waals surface area contributed by atoms with Crippen molar-refractivity contribution < 1.29 is 28.2 Å². The summed E-state index contributed by atoms with van der Waals surface area (Å²) in [7, 11) is 0. The molecule has 1 aliphatic rings. The Morgan fingerprint density at radius 1 is 1.03 bits per heavy atom. The first kappa shape index (κ1) is 26.0. The van der Waals surface area contributed by atoms with E-state index in [4.69, 9.17) is 9.47 Å². The average molecular weight is 524 g/mol. The number of anilines is 1. The van der Waals surface area contributed by atoms with E-state index in [1.807, 2.05) is 0 Å². The van der Waals surface area contributed by atoms with Gasteiger partial charge < -0.3 is 14.8 Å². The number of nitrogens with zero attached hydrogens (tertiary/aromatic N) is 1. The van der Waals surface area contributed by atoms with Crippen LogP contribution in [-0.4, -0.2) is 30.1 Å². The summed E-state index contributed by atoms with van der Waals surface area (Å²) in [4.78, 5) is 38.3. The lowest BCUT2D eigenvalue weighted by molar-refractivity contribution is -0.136. The summed E-state index contributed by atoms with van der Waals surface area (Å²) in [5, 5.41) is 6.88. The van der Waals surface area contributed by atoms with Crippen LogP contribution in [-0.2, 0) is 33.8 Å². The Bertz CT molecular complexity index is 1330. The Morgan fingerprint density at radius 3 is 2.46 bits per heavy atom. The normalized spacial score (nSPS) is 12.6. The van der Waals surface area contributed by atoms with Gasteiger partial charge in [0.05, 0.1) is 17.9 Å². The van der Waals surface area contributed by atoms with Gasteiger partial charge in [0.1, 0.15) is 23.2 Å². The van der Waals surface area contributed by atoms with Crippen LogP contribution in [0, 0.1) is 5.82 Å². The van der Waals surface area contributed by atoms with E-state index < -0.39 is 17.8 Å². The summed E-state index contributed by atoms with van der Waals surface area (Å²) in [5.74, 6) is -2.07. The molecule has 2 N–H and O–H groups in total. The van der Waals surface area contributed by atoms with Crippen LogP contribution in [0.3, 0.4) is 0 Å². The van der Waals surface area contributed by atoms with Gasteiger partial charge in [0.2, 0.25) is 0 Å². The van der Waals surface area contributed by atoms with Gasteiger partial charge in [0, 0.05) is 4.88 Å². The fourth-order valence-corrected chi connectivity index (χ4v) is 5.13. The second-order valence-corrected chi connectivity index (χ2v) is 9.42. The highest BCUT2D eigenvalue weighted by molar-refractivity contribution is 7.17. The zero-order valence-electron chi connectivity index (χ0n) is 20.4. The van der Waals surface area contributed by atoms with Crippen LogP contribution in [0.15, 0.2) is 53.6 Å². The van der Waals surface area contributed by atoms with Crippen molar-refractivity contribution in [2.45, 2.75) is 39.7 Å². The fourth-order valence-electron chi connectivity index (χ4n) is 3.86. The minimum absolute atomic E-state index is 0.215. The number of hydrogen-bond donors (Lipinski definition) is 2. The minimum atomic E-state index is -0.957.